The molecule has 0 radical (unpaired) electrons. The molecule has 0 atom stereocenters. The molecule has 162 valence electrons. The molecule has 0 aromatic heterocycles. The average molecular weight is 423 g/mol. The van der Waals surface area contributed by atoms with Gasteiger partial charge in [0.05, 0.1) is 45.0 Å². The molecule has 0 saturated carbocycles. The minimum atomic E-state index is -0.752. The number of carbonyl (C=O) groups excluding carboxylic acids is 3. The van der Waals surface area contributed by atoms with E-state index in [0.717, 1.165) is 57.9 Å². The van der Waals surface area contributed by atoms with Crippen LogP contribution in [-0.4, -0.2) is 67.1 Å². The van der Waals surface area contributed by atoms with Crippen molar-refractivity contribution in [1.82, 2.24) is 9.80 Å². The van der Waals surface area contributed by atoms with Crippen molar-refractivity contribution in [3.05, 3.63) is 60.2 Å². The van der Waals surface area contributed by atoms with Crippen LogP contribution < -0.4 is 14.5 Å². The van der Waals surface area contributed by atoms with Crippen molar-refractivity contribution in [2.24, 2.45) is 0 Å². The number of nitrogens with one attached hydrogen (secondary N) is 1. The first-order valence-electron chi connectivity index (χ1n) is 10.6. The molecule has 0 unspecified atom stereocenters. The lowest BCUT2D eigenvalue weighted by molar-refractivity contribution is -0.907. The molecule has 2 aromatic rings. The van der Waals surface area contributed by atoms with Gasteiger partial charge >= 0.3 is 17.8 Å². The highest BCUT2D eigenvalue weighted by molar-refractivity contribution is 6.44. The number of benzene rings is 2. The Morgan fingerprint density at radius 3 is 2.23 bits per heavy atom. The van der Waals surface area contributed by atoms with Gasteiger partial charge < -0.3 is 14.5 Å². The number of carbonyl (C=O) groups is 3. The first-order valence-corrected chi connectivity index (χ1v) is 10.6. The van der Waals surface area contributed by atoms with E-state index in [1.165, 1.54) is 0 Å². The van der Waals surface area contributed by atoms with Gasteiger partial charge in [0.25, 0.3) is 0 Å². The summed E-state index contributed by atoms with van der Waals surface area (Å²) in [6.45, 7) is 5.94. The third-order valence-corrected chi connectivity index (χ3v) is 5.68. The Bertz CT molecular complexity index is 957. The second kappa shape index (κ2) is 9.18. The normalized spacial score (nSPS) is 17.6. The molecule has 0 aliphatic carbocycles. The molecule has 0 spiro atoms. The predicted molar refractivity (Wildman–Crippen MR) is 115 cm³/mol. The SMILES string of the molecule is CCOc1ccccc1N1CC[NH+](CN2C(=O)C(=O)N(Cc3ccccc3)C2=O)CC1. The lowest BCUT2D eigenvalue weighted by atomic mass is 10.2. The quantitative estimate of drug-likeness (QED) is 0.525. The lowest BCUT2D eigenvalue weighted by Gasteiger charge is -2.35. The van der Waals surface area contributed by atoms with Gasteiger partial charge in [0.15, 0.2) is 6.67 Å². The fraction of sp³-hybridized carbons (Fsp3) is 0.348. The van der Waals surface area contributed by atoms with Gasteiger partial charge in [-0.2, -0.15) is 0 Å². The van der Waals surface area contributed by atoms with Gasteiger partial charge in [-0.05, 0) is 24.6 Å². The van der Waals surface area contributed by atoms with Crippen molar-refractivity contribution in [2.45, 2.75) is 13.5 Å². The molecule has 2 fully saturated rings. The number of quaternary nitrogens is 1. The van der Waals surface area contributed by atoms with E-state index in [1.807, 2.05) is 61.5 Å². The molecule has 2 aliphatic rings. The van der Waals surface area contributed by atoms with Crippen LogP contribution in [0.3, 0.4) is 0 Å². The maximum absolute atomic E-state index is 12.8. The number of rotatable bonds is 7. The van der Waals surface area contributed by atoms with Crippen LogP contribution in [0.25, 0.3) is 0 Å². The minimum Gasteiger partial charge on any atom is -0.492 e. The highest BCUT2D eigenvalue weighted by Gasteiger charge is 2.46. The summed E-state index contributed by atoms with van der Waals surface area (Å²) >= 11 is 0. The van der Waals surface area contributed by atoms with E-state index in [4.69, 9.17) is 4.74 Å². The maximum Gasteiger partial charge on any atom is 0.339 e. The van der Waals surface area contributed by atoms with E-state index in [0.29, 0.717) is 6.61 Å². The van der Waals surface area contributed by atoms with Crippen LogP contribution in [0.2, 0.25) is 0 Å². The topological polar surface area (TPSA) is 74.6 Å². The Kier molecular flexibility index (Phi) is 6.18. The van der Waals surface area contributed by atoms with Gasteiger partial charge in [-0.1, -0.05) is 42.5 Å². The Morgan fingerprint density at radius 1 is 0.871 bits per heavy atom. The van der Waals surface area contributed by atoms with Gasteiger partial charge in [0, 0.05) is 0 Å². The summed E-state index contributed by atoms with van der Waals surface area (Å²) in [7, 11) is 0. The number of hydrogen-bond acceptors (Lipinski definition) is 5. The molecule has 4 rings (SSSR count). The molecule has 2 aromatic carbocycles. The van der Waals surface area contributed by atoms with Crippen molar-refractivity contribution in [2.75, 3.05) is 44.4 Å². The van der Waals surface area contributed by atoms with E-state index in [2.05, 4.69) is 4.90 Å². The maximum atomic E-state index is 12.8. The second-order valence-electron chi connectivity index (χ2n) is 7.69. The first-order chi connectivity index (χ1) is 15.1. The Morgan fingerprint density at radius 2 is 1.52 bits per heavy atom. The van der Waals surface area contributed by atoms with Crippen LogP contribution in [0.1, 0.15) is 12.5 Å². The molecule has 31 heavy (non-hydrogen) atoms. The fourth-order valence-electron chi connectivity index (χ4n) is 4.04. The van der Waals surface area contributed by atoms with E-state index in [9.17, 15) is 14.4 Å². The number of hydrogen-bond donors (Lipinski definition) is 1. The van der Waals surface area contributed by atoms with Crippen LogP contribution in [0.15, 0.2) is 54.6 Å². The first kappa shape index (κ1) is 20.9. The average Bonchev–Trinajstić information content (AvgIpc) is 2.99. The standard InChI is InChI=1S/C23H26N4O4/c1-2-31-20-11-7-6-10-19(20)25-14-12-24(13-15-25)17-27-22(29)21(28)26(23(27)30)16-18-8-4-3-5-9-18/h3-11H,2,12-17H2,1H3/p+1. The van der Waals surface area contributed by atoms with E-state index in [-0.39, 0.29) is 13.2 Å². The summed E-state index contributed by atoms with van der Waals surface area (Å²) < 4.78 is 5.74. The van der Waals surface area contributed by atoms with Gasteiger partial charge in [0.2, 0.25) is 0 Å². The van der Waals surface area contributed by atoms with Crippen LogP contribution in [-0.2, 0) is 16.1 Å². The largest absolute Gasteiger partial charge is 0.492 e. The number of imide groups is 2. The zero-order chi connectivity index (χ0) is 21.8. The number of piperazine rings is 1. The molecule has 2 saturated heterocycles. The van der Waals surface area contributed by atoms with Gasteiger partial charge in [-0.3, -0.25) is 14.5 Å². The fourth-order valence-corrected chi connectivity index (χ4v) is 4.04. The van der Waals surface area contributed by atoms with Crippen LogP contribution in [0.5, 0.6) is 5.75 Å². The zero-order valence-corrected chi connectivity index (χ0v) is 17.6. The third kappa shape index (κ3) is 4.39. The molecule has 2 aliphatic heterocycles. The number of anilines is 1. The van der Waals surface area contributed by atoms with Gasteiger partial charge in [0.1, 0.15) is 5.75 Å². The molecule has 8 heteroatoms. The van der Waals surface area contributed by atoms with Crippen molar-refractivity contribution >= 4 is 23.5 Å². The summed E-state index contributed by atoms with van der Waals surface area (Å²) in [5, 5.41) is 0. The Labute approximate surface area is 181 Å². The summed E-state index contributed by atoms with van der Waals surface area (Å²) in [6.07, 6.45) is 0. The molecular formula is C23H27N4O4+. The Hall–Kier alpha value is -3.39. The van der Waals surface area contributed by atoms with E-state index >= 15 is 0 Å². The monoisotopic (exact) mass is 423 g/mol. The molecular weight excluding hydrogens is 396 g/mol. The summed E-state index contributed by atoms with van der Waals surface area (Å²) in [4.78, 5) is 43.1. The smallest absolute Gasteiger partial charge is 0.339 e. The van der Waals surface area contributed by atoms with E-state index < -0.39 is 17.8 Å². The minimum absolute atomic E-state index is 0.109. The van der Waals surface area contributed by atoms with Crippen LogP contribution in [0, 0.1) is 0 Å². The number of amides is 4. The molecule has 1 N–H and O–H groups in total. The van der Waals surface area contributed by atoms with Crippen LogP contribution in [0.4, 0.5) is 10.5 Å². The summed E-state index contributed by atoms with van der Waals surface area (Å²) in [6, 6.07) is 16.6. The van der Waals surface area contributed by atoms with Crippen molar-refractivity contribution in [3.8, 4) is 5.75 Å². The van der Waals surface area contributed by atoms with Crippen molar-refractivity contribution < 1.29 is 24.0 Å². The van der Waals surface area contributed by atoms with Crippen LogP contribution >= 0.6 is 0 Å². The second-order valence-corrected chi connectivity index (χ2v) is 7.69. The lowest BCUT2D eigenvalue weighted by Crippen LogP contribution is -3.16. The molecule has 4 amide bonds. The van der Waals surface area contributed by atoms with Gasteiger partial charge in [-0.25, -0.2) is 9.69 Å². The summed E-state index contributed by atoms with van der Waals surface area (Å²) in [5.41, 5.74) is 1.87. The molecule has 8 nitrogen and oxygen atoms in total. The van der Waals surface area contributed by atoms with Crippen molar-refractivity contribution in [3.63, 3.8) is 0 Å². The highest BCUT2D eigenvalue weighted by atomic mass is 16.5. The van der Waals surface area contributed by atoms with Gasteiger partial charge in [-0.15, -0.1) is 0 Å². The Balaban J connectivity index is 1.37. The zero-order valence-electron chi connectivity index (χ0n) is 17.6. The number of nitrogens with zero attached hydrogens (tertiary/aromatic N) is 3. The third-order valence-electron chi connectivity index (χ3n) is 5.68. The van der Waals surface area contributed by atoms with E-state index in [1.54, 1.807) is 0 Å². The number of ether oxygens (including phenoxy) is 1. The predicted octanol–water partition coefficient (Wildman–Crippen LogP) is 0.739. The highest BCUT2D eigenvalue weighted by Crippen LogP contribution is 2.27. The number of para-hydroxylation sites is 2. The van der Waals surface area contributed by atoms with Crippen molar-refractivity contribution in [1.29, 1.82) is 0 Å². The number of urea groups is 1. The molecule has 2 heterocycles. The molecule has 0 bridgehead atoms. The summed E-state index contributed by atoms with van der Waals surface area (Å²) in [5.74, 6) is -0.629.